The number of likely N-dealkylation sites (tertiary alicyclic amines) is 1. The van der Waals surface area contributed by atoms with Gasteiger partial charge >= 0.3 is 6.03 Å². The molecule has 0 spiro atoms. The van der Waals surface area contributed by atoms with Crippen LogP contribution in [0.1, 0.15) is 12.8 Å². The summed E-state index contributed by atoms with van der Waals surface area (Å²) in [6.07, 6.45) is 1.25. The molecule has 0 radical (unpaired) electrons. The van der Waals surface area contributed by atoms with Crippen molar-refractivity contribution in [1.29, 1.82) is 0 Å². The van der Waals surface area contributed by atoms with Crippen molar-refractivity contribution in [2.75, 3.05) is 26.2 Å². The van der Waals surface area contributed by atoms with E-state index in [1.165, 1.54) is 0 Å². The Balaban J connectivity index is 2.16. The minimum absolute atomic E-state index is 0.117. The summed E-state index contributed by atoms with van der Waals surface area (Å²) in [7, 11) is 0. The zero-order chi connectivity index (χ0) is 9.68. The van der Waals surface area contributed by atoms with Crippen LogP contribution < -0.4 is 5.32 Å². The predicted octanol–water partition coefficient (Wildman–Crippen LogP) is -0.855. The minimum Gasteiger partial charge on any atom is -0.394 e. The van der Waals surface area contributed by atoms with Gasteiger partial charge in [-0.3, -0.25) is 0 Å². The van der Waals surface area contributed by atoms with E-state index >= 15 is 0 Å². The van der Waals surface area contributed by atoms with Crippen molar-refractivity contribution in [3.05, 3.63) is 0 Å². The van der Waals surface area contributed by atoms with Gasteiger partial charge in [-0.1, -0.05) is 0 Å². The van der Waals surface area contributed by atoms with Crippen molar-refractivity contribution in [3.63, 3.8) is 0 Å². The summed E-state index contributed by atoms with van der Waals surface area (Å²) < 4.78 is 0. The van der Waals surface area contributed by atoms with Crippen molar-refractivity contribution in [2.24, 2.45) is 0 Å². The molecule has 1 rings (SSSR count). The molecule has 0 bridgehead atoms. The molecule has 3 N–H and O–H groups in total. The Hall–Kier alpha value is -0.810. The molecule has 0 aromatic heterocycles. The first-order valence-corrected chi connectivity index (χ1v) is 4.55. The average Bonchev–Trinajstić information content (AvgIpc) is 2.66. The molecule has 0 aromatic carbocycles. The lowest BCUT2D eigenvalue weighted by Gasteiger charge is -2.17. The van der Waals surface area contributed by atoms with Crippen LogP contribution in [-0.4, -0.2) is 53.5 Å². The fourth-order valence-corrected chi connectivity index (χ4v) is 1.30. The molecule has 13 heavy (non-hydrogen) atoms. The van der Waals surface area contributed by atoms with Crippen LogP contribution in [-0.2, 0) is 0 Å². The number of urea groups is 1. The van der Waals surface area contributed by atoms with Crippen molar-refractivity contribution >= 4 is 6.03 Å². The van der Waals surface area contributed by atoms with Crippen LogP contribution in [0.4, 0.5) is 4.79 Å². The first-order valence-electron chi connectivity index (χ1n) is 4.55. The lowest BCUT2D eigenvalue weighted by Crippen LogP contribution is -2.42. The summed E-state index contributed by atoms with van der Waals surface area (Å²) in [6.45, 7) is 1.38. The predicted molar refractivity (Wildman–Crippen MR) is 47.3 cm³/mol. The van der Waals surface area contributed by atoms with Gasteiger partial charge in [0.1, 0.15) is 0 Å². The molecule has 1 saturated heterocycles. The van der Waals surface area contributed by atoms with Gasteiger partial charge in [0, 0.05) is 19.6 Å². The van der Waals surface area contributed by atoms with E-state index < -0.39 is 6.10 Å². The zero-order valence-electron chi connectivity index (χ0n) is 7.57. The van der Waals surface area contributed by atoms with Gasteiger partial charge < -0.3 is 20.4 Å². The number of aliphatic hydroxyl groups excluding tert-OH is 2. The largest absolute Gasteiger partial charge is 0.394 e. The van der Waals surface area contributed by atoms with Gasteiger partial charge in [-0.15, -0.1) is 0 Å². The van der Waals surface area contributed by atoms with Gasteiger partial charge in [0.15, 0.2) is 0 Å². The van der Waals surface area contributed by atoms with E-state index in [1.807, 2.05) is 0 Å². The second kappa shape index (κ2) is 5.04. The number of carbonyl (C=O) groups is 1. The Morgan fingerprint density at radius 2 is 2.08 bits per heavy atom. The summed E-state index contributed by atoms with van der Waals surface area (Å²) in [4.78, 5) is 13.0. The highest BCUT2D eigenvalue weighted by Gasteiger charge is 2.17. The highest BCUT2D eigenvalue weighted by atomic mass is 16.3. The molecule has 0 saturated carbocycles. The summed E-state index contributed by atoms with van der Waals surface area (Å²) in [5, 5.41) is 20.0. The Bertz CT molecular complexity index is 169. The van der Waals surface area contributed by atoms with Crippen LogP contribution in [0.3, 0.4) is 0 Å². The maximum absolute atomic E-state index is 11.3. The lowest BCUT2D eigenvalue weighted by atomic mass is 10.4. The van der Waals surface area contributed by atoms with Crippen LogP contribution in [0.15, 0.2) is 0 Å². The fraction of sp³-hybridized carbons (Fsp3) is 0.875. The maximum Gasteiger partial charge on any atom is 0.317 e. The van der Waals surface area contributed by atoms with Crippen LogP contribution in [0.25, 0.3) is 0 Å². The summed E-state index contributed by atoms with van der Waals surface area (Å²) in [5.74, 6) is 0. The third-order valence-electron chi connectivity index (χ3n) is 2.09. The van der Waals surface area contributed by atoms with E-state index in [2.05, 4.69) is 5.32 Å². The number of carbonyl (C=O) groups excluding carboxylic acids is 1. The van der Waals surface area contributed by atoms with Crippen molar-refractivity contribution in [3.8, 4) is 0 Å². The van der Waals surface area contributed by atoms with Crippen molar-refractivity contribution < 1.29 is 15.0 Å². The first kappa shape index (κ1) is 10.3. The number of rotatable bonds is 3. The Kier molecular flexibility index (Phi) is 3.98. The lowest BCUT2D eigenvalue weighted by molar-refractivity contribution is 0.0944. The molecule has 1 fully saturated rings. The number of hydrogen-bond donors (Lipinski definition) is 3. The number of nitrogens with zero attached hydrogens (tertiary/aromatic N) is 1. The van der Waals surface area contributed by atoms with E-state index in [4.69, 9.17) is 10.2 Å². The Morgan fingerprint density at radius 1 is 1.46 bits per heavy atom. The van der Waals surface area contributed by atoms with Gasteiger partial charge in [-0.05, 0) is 12.8 Å². The monoisotopic (exact) mass is 188 g/mol. The number of nitrogens with one attached hydrogen (secondary N) is 1. The van der Waals surface area contributed by atoms with E-state index in [9.17, 15) is 4.79 Å². The first-order chi connectivity index (χ1) is 6.24. The topological polar surface area (TPSA) is 72.8 Å². The van der Waals surface area contributed by atoms with Gasteiger partial charge in [-0.2, -0.15) is 0 Å². The Morgan fingerprint density at radius 3 is 2.62 bits per heavy atom. The third-order valence-corrected chi connectivity index (χ3v) is 2.09. The molecule has 0 aliphatic carbocycles. The van der Waals surface area contributed by atoms with Gasteiger partial charge in [0.05, 0.1) is 12.7 Å². The fourth-order valence-electron chi connectivity index (χ4n) is 1.30. The molecule has 1 unspecified atom stereocenters. The SMILES string of the molecule is O=C(NCC(O)CO)N1CCCC1. The van der Waals surface area contributed by atoms with Crippen LogP contribution in [0.2, 0.25) is 0 Å². The van der Waals surface area contributed by atoms with E-state index in [0.29, 0.717) is 0 Å². The van der Waals surface area contributed by atoms with Crippen molar-refractivity contribution in [2.45, 2.75) is 18.9 Å². The molecule has 2 amide bonds. The summed E-state index contributed by atoms with van der Waals surface area (Å²) in [5.41, 5.74) is 0. The van der Waals surface area contributed by atoms with Crippen LogP contribution in [0, 0.1) is 0 Å². The van der Waals surface area contributed by atoms with Crippen molar-refractivity contribution in [1.82, 2.24) is 10.2 Å². The number of amides is 2. The van der Waals surface area contributed by atoms with Crippen LogP contribution in [0.5, 0.6) is 0 Å². The third kappa shape index (κ3) is 3.20. The number of hydrogen-bond acceptors (Lipinski definition) is 3. The molecule has 5 heteroatoms. The van der Waals surface area contributed by atoms with E-state index in [0.717, 1.165) is 25.9 Å². The molecule has 1 aliphatic heterocycles. The molecule has 1 heterocycles. The van der Waals surface area contributed by atoms with Crippen LogP contribution >= 0.6 is 0 Å². The molecule has 0 aromatic rings. The summed E-state index contributed by atoms with van der Waals surface area (Å²) in [6, 6.07) is -0.148. The minimum atomic E-state index is -0.855. The van der Waals surface area contributed by atoms with Gasteiger partial charge in [0.2, 0.25) is 0 Å². The average molecular weight is 188 g/mol. The maximum atomic E-state index is 11.3. The second-order valence-corrected chi connectivity index (χ2v) is 3.22. The van der Waals surface area contributed by atoms with E-state index in [1.54, 1.807) is 4.90 Å². The second-order valence-electron chi connectivity index (χ2n) is 3.22. The highest BCUT2D eigenvalue weighted by Crippen LogP contribution is 2.06. The highest BCUT2D eigenvalue weighted by molar-refractivity contribution is 5.74. The molecule has 76 valence electrons. The summed E-state index contributed by atoms with van der Waals surface area (Å²) >= 11 is 0. The smallest absolute Gasteiger partial charge is 0.317 e. The molecular weight excluding hydrogens is 172 g/mol. The standard InChI is InChI=1S/C8H16N2O3/c11-6-7(12)5-9-8(13)10-3-1-2-4-10/h7,11-12H,1-6H2,(H,9,13). The molecule has 1 atom stereocenters. The quantitative estimate of drug-likeness (QED) is 0.540. The number of aliphatic hydroxyl groups is 2. The van der Waals surface area contributed by atoms with E-state index in [-0.39, 0.29) is 19.2 Å². The van der Waals surface area contributed by atoms with Gasteiger partial charge in [-0.25, -0.2) is 4.79 Å². The zero-order valence-corrected chi connectivity index (χ0v) is 7.57. The normalized spacial score (nSPS) is 18.8. The molecule has 1 aliphatic rings. The molecule has 5 nitrogen and oxygen atoms in total. The molecular formula is C8H16N2O3. The van der Waals surface area contributed by atoms with Gasteiger partial charge in [0.25, 0.3) is 0 Å². The Labute approximate surface area is 77.3 Å².